The molecule has 0 heterocycles. The number of benzene rings is 3. The molecule has 0 radical (unpaired) electrons. The van der Waals surface area contributed by atoms with Gasteiger partial charge in [0.2, 0.25) is 0 Å². The molecule has 0 atom stereocenters. The van der Waals surface area contributed by atoms with E-state index in [1.54, 1.807) is 0 Å². The Morgan fingerprint density at radius 2 is 1.22 bits per heavy atom. The van der Waals surface area contributed by atoms with Crippen molar-refractivity contribution < 1.29 is 0 Å². The van der Waals surface area contributed by atoms with Crippen LogP contribution >= 0.6 is 0 Å². The lowest BCUT2D eigenvalue weighted by Gasteiger charge is -2.17. The van der Waals surface area contributed by atoms with Crippen LogP contribution in [-0.2, 0) is 0 Å². The maximum atomic E-state index is 3.71. The molecule has 0 fully saturated rings. The number of hydrogen-bond donors (Lipinski definition) is 1. The zero-order valence-electron chi connectivity index (χ0n) is 16.5. The van der Waals surface area contributed by atoms with E-state index in [-0.39, 0.29) is 0 Å². The smallest absolute Gasteiger partial charge is 0.0426 e. The van der Waals surface area contributed by atoms with Crippen LogP contribution in [0, 0.1) is 0 Å². The van der Waals surface area contributed by atoms with Gasteiger partial charge in [0.15, 0.2) is 0 Å². The quantitative estimate of drug-likeness (QED) is 0.365. The monoisotopic (exact) mass is 357 g/mol. The molecule has 0 aromatic heterocycles. The van der Waals surface area contributed by atoms with E-state index in [1.807, 2.05) is 0 Å². The summed E-state index contributed by atoms with van der Waals surface area (Å²) in [6.45, 7) is 3.30. The van der Waals surface area contributed by atoms with Crippen molar-refractivity contribution in [1.82, 2.24) is 0 Å². The molecule has 3 aromatic carbocycles. The molecule has 0 saturated heterocycles. The van der Waals surface area contributed by atoms with Crippen molar-refractivity contribution in [2.45, 2.75) is 45.4 Å². The summed E-state index contributed by atoms with van der Waals surface area (Å²) in [5, 5.41) is 3.71. The van der Waals surface area contributed by atoms with E-state index in [0.717, 1.165) is 6.54 Å². The molecule has 1 nitrogen and oxygen atoms in total. The van der Waals surface area contributed by atoms with Crippen LogP contribution < -0.4 is 5.32 Å². The van der Waals surface area contributed by atoms with Gasteiger partial charge in [-0.15, -0.1) is 0 Å². The zero-order valence-corrected chi connectivity index (χ0v) is 16.5. The Kier molecular flexibility index (Phi) is 7.53. The molecule has 0 spiro atoms. The standard InChI is InChI=1S/C26H31N/c1-2-3-4-5-6-13-21-27-25-20-14-19-24(22-15-9-7-10-16-22)26(25)23-17-11-8-12-18-23/h7-12,14-20,27H,2-6,13,21H2,1H3. The minimum absolute atomic E-state index is 1.03. The molecule has 27 heavy (non-hydrogen) atoms. The van der Waals surface area contributed by atoms with Crippen molar-refractivity contribution in [3.05, 3.63) is 78.9 Å². The number of unbranched alkanes of at least 4 members (excludes halogenated alkanes) is 5. The lowest BCUT2D eigenvalue weighted by molar-refractivity contribution is 0.617. The first-order valence-corrected chi connectivity index (χ1v) is 10.4. The van der Waals surface area contributed by atoms with Crippen molar-refractivity contribution in [2.75, 3.05) is 11.9 Å². The third-order valence-electron chi connectivity index (χ3n) is 5.06. The predicted molar refractivity (Wildman–Crippen MR) is 119 cm³/mol. The fourth-order valence-corrected chi connectivity index (χ4v) is 3.60. The van der Waals surface area contributed by atoms with Crippen molar-refractivity contribution in [1.29, 1.82) is 0 Å². The van der Waals surface area contributed by atoms with E-state index >= 15 is 0 Å². The number of anilines is 1. The normalized spacial score (nSPS) is 10.7. The SMILES string of the molecule is CCCCCCCCNc1cccc(-c2ccccc2)c1-c1ccccc1. The van der Waals surface area contributed by atoms with Crippen LogP contribution in [0.1, 0.15) is 45.4 Å². The second-order valence-corrected chi connectivity index (χ2v) is 7.15. The van der Waals surface area contributed by atoms with Crippen molar-refractivity contribution in [2.24, 2.45) is 0 Å². The van der Waals surface area contributed by atoms with Crippen LogP contribution in [-0.4, -0.2) is 6.54 Å². The lowest BCUT2D eigenvalue weighted by atomic mass is 9.93. The second kappa shape index (κ2) is 10.6. The van der Waals surface area contributed by atoms with Gasteiger partial charge in [-0.3, -0.25) is 0 Å². The van der Waals surface area contributed by atoms with Gasteiger partial charge >= 0.3 is 0 Å². The zero-order chi connectivity index (χ0) is 18.7. The Morgan fingerprint density at radius 3 is 1.93 bits per heavy atom. The van der Waals surface area contributed by atoms with E-state index in [2.05, 4.69) is 91.1 Å². The summed E-state index contributed by atoms with van der Waals surface area (Å²) >= 11 is 0. The van der Waals surface area contributed by atoms with E-state index in [9.17, 15) is 0 Å². The molecule has 0 saturated carbocycles. The van der Waals surface area contributed by atoms with Gasteiger partial charge in [0, 0.05) is 17.8 Å². The van der Waals surface area contributed by atoms with Gasteiger partial charge in [-0.1, -0.05) is 112 Å². The Labute approximate surface area is 164 Å². The van der Waals surface area contributed by atoms with Crippen molar-refractivity contribution >= 4 is 5.69 Å². The van der Waals surface area contributed by atoms with E-state index in [4.69, 9.17) is 0 Å². The van der Waals surface area contributed by atoms with Crippen LogP contribution in [0.3, 0.4) is 0 Å². The highest BCUT2D eigenvalue weighted by Crippen LogP contribution is 2.37. The average Bonchev–Trinajstić information content (AvgIpc) is 2.74. The summed E-state index contributed by atoms with van der Waals surface area (Å²) in [4.78, 5) is 0. The van der Waals surface area contributed by atoms with Gasteiger partial charge in [-0.05, 0) is 29.2 Å². The largest absolute Gasteiger partial charge is 0.385 e. The van der Waals surface area contributed by atoms with E-state index < -0.39 is 0 Å². The fourth-order valence-electron chi connectivity index (χ4n) is 3.60. The predicted octanol–water partition coefficient (Wildman–Crippen LogP) is 7.79. The van der Waals surface area contributed by atoms with Crippen LogP contribution in [0.2, 0.25) is 0 Å². The van der Waals surface area contributed by atoms with Crippen LogP contribution in [0.4, 0.5) is 5.69 Å². The molecule has 0 amide bonds. The van der Waals surface area contributed by atoms with Gasteiger partial charge in [-0.25, -0.2) is 0 Å². The molecule has 1 heteroatoms. The Balaban J connectivity index is 1.79. The van der Waals surface area contributed by atoms with Gasteiger partial charge in [0.05, 0.1) is 0 Å². The Morgan fingerprint density at radius 1 is 0.593 bits per heavy atom. The highest BCUT2D eigenvalue weighted by molar-refractivity contribution is 5.91. The van der Waals surface area contributed by atoms with Crippen molar-refractivity contribution in [3.63, 3.8) is 0 Å². The second-order valence-electron chi connectivity index (χ2n) is 7.15. The van der Waals surface area contributed by atoms with E-state index in [0.29, 0.717) is 0 Å². The highest BCUT2D eigenvalue weighted by atomic mass is 14.9. The summed E-state index contributed by atoms with van der Waals surface area (Å²) < 4.78 is 0. The first-order valence-electron chi connectivity index (χ1n) is 10.4. The van der Waals surface area contributed by atoms with Crippen molar-refractivity contribution in [3.8, 4) is 22.3 Å². The molecular formula is C26H31N. The maximum absolute atomic E-state index is 3.71. The molecule has 1 N–H and O–H groups in total. The summed E-state index contributed by atoms with van der Waals surface area (Å²) in [5.41, 5.74) is 6.35. The average molecular weight is 358 g/mol. The minimum atomic E-state index is 1.03. The number of hydrogen-bond acceptors (Lipinski definition) is 1. The number of nitrogens with one attached hydrogen (secondary N) is 1. The molecule has 3 rings (SSSR count). The third kappa shape index (κ3) is 5.47. The third-order valence-corrected chi connectivity index (χ3v) is 5.06. The maximum Gasteiger partial charge on any atom is 0.0426 e. The fraction of sp³-hybridized carbons (Fsp3) is 0.308. The molecular weight excluding hydrogens is 326 g/mol. The molecule has 3 aromatic rings. The van der Waals surface area contributed by atoms with Gasteiger partial charge in [0.1, 0.15) is 0 Å². The summed E-state index contributed by atoms with van der Waals surface area (Å²) in [5.74, 6) is 0. The summed E-state index contributed by atoms with van der Waals surface area (Å²) in [6.07, 6.45) is 7.94. The van der Waals surface area contributed by atoms with Gasteiger partial charge < -0.3 is 5.32 Å². The van der Waals surface area contributed by atoms with E-state index in [1.165, 1.54) is 66.5 Å². The van der Waals surface area contributed by atoms with Gasteiger partial charge in [-0.2, -0.15) is 0 Å². The van der Waals surface area contributed by atoms with Crippen LogP contribution in [0.25, 0.3) is 22.3 Å². The molecule has 0 aliphatic rings. The Bertz CT molecular complexity index is 793. The molecule has 140 valence electrons. The molecule has 0 unspecified atom stereocenters. The lowest BCUT2D eigenvalue weighted by Crippen LogP contribution is -2.03. The van der Waals surface area contributed by atoms with Crippen LogP contribution in [0.5, 0.6) is 0 Å². The first-order chi connectivity index (χ1) is 13.4. The molecule has 0 aliphatic carbocycles. The molecule has 0 aliphatic heterocycles. The van der Waals surface area contributed by atoms with Gasteiger partial charge in [0.25, 0.3) is 0 Å². The first kappa shape index (κ1) is 19.2. The molecule has 0 bridgehead atoms. The Hall–Kier alpha value is -2.54. The summed E-state index contributed by atoms with van der Waals surface area (Å²) in [6, 6.07) is 28.0. The topological polar surface area (TPSA) is 12.0 Å². The number of rotatable bonds is 10. The summed E-state index contributed by atoms with van der Waals surface area (Å²) in [7, 11) is 0. The minimum Gasteiger partial charge on any atom is -0.385 e. The van der Waals surface area contributed by atoms with Crippen LogP contribution in [0.15, 0.2) is 78.9 Å². The highest BCUT2D eigenvalue weighted by Gasteiger charge is 2.11.